The molecule has 18 heavy (non-hydrogen) atoms. The minimum Gasteiger partial charge on any atom is -0.481 e. The number of allylic oxidation sites excluding steroid dienone is 2. The topological polar surface area (TPSA) is 57.5 Å². The lowest BCUT2D eigenvalue weighted by molar-refractivity contribution is -0.136. The van der Waals surface area contributed by atoms with Gasteiger partial charge in [-0.2, -0.15) is 0 Å². The zero-order chi connectivity index (χ0) is 13.6. The van der Waals surface area contributed by atoms with Crippen LogP contribution >= 0.6 is 0 Å². The molecule has 0 aromatic heterocycles. The molecule has 0 amide bonds. The quantitative estimate of drug-likeness (QED) is 0.411. The van der Waals surface area contributed by atoms with Crippen molar-refractivity contribution < 1.29 is 15.0 Å². The van der Waals surface area contributed by atoms with Gasteiger partial charge in [0.1, 0.15) is 0 Å². The molecule has 106 valence electrons. The molecule has 0 aliphatic carbocycles. The molecular weight excluding hydrogens is 228 g/mol. The second-order valence-corrected chi connectivity index (χ2v) is 4.84. The Morgan fingerprint density at radius 2 is 1.72 bits per heavy atom. The maximum absolute atomic E-state index is 10.3. The van der Waals surface area contributed by atoms with Crippen LogP contribution in [0.1, 0.15) is 71.1 Å². The van der Waals surface area contributed by atoms with Crippen LogP contribution in [0.25, 0.3) is 0 Å². The van der Waals surface area contributed by atoms with E-state index in [0.29, 0.717) is 6.42 Å². The van der Waals surface area contributed by atoms with Crippen LogP contribution in [0.5, 0.6) is 0 Å². The third kappa shape index (κ3) is 13.2. The van der Waals surface area contributed by atoms with Gasteiger partial charge in [-0.1, -0.05) is 51.2 Å². The van der Waals surface area contributed by atoms with E-state index in [0.717, 1.165) is 25.7 Å². The Labute approximate surface area is 111 Å². The molecule has 0 aliphatic rings. The van der Waals surface area contributed by atoms with Gasteiger partial charge in [-0.3, -0.25) is 4.79 Å². The Morgan fingerprint density at radius 3 is 2.39 bits per heavy atom. The van der Waals surface area contributed by atoms with Crippen LogP contribution in [0.4, 0.5) is 0 Å². The summed E-state index contributed by atoms with van der Waals surface area (Å²) in [5, 5.41) is 18.2. The van der Waals surface area contributed by atoms with Crippen molar-refractivity contribution in [3.63, 3.8) is 0 Å². The van der Waals surface area contributed by atoms with E-state index in [-0.39, 0.29) is 12.5 Å². The van der Waals surface area contributed by atoms with Crippen LogP contribution in [0.2, 0.25) is 0 Å². The number of unbranched alkanes of at least 4 members (excludes halogenated alkanes) is 4. The van der Waals surface area contributed by atoms with E-state index in [1.165, 1.54) is 25.7 Å². The lowest BCUT2D eigenvalue weighted by atomic mass is 10.0. The van der Waals surface area contributed by atoms with Crippen molar-refractivity contribution >= 4 is 5.97 Å². The molecule has 3 heteroatoms. The maximum Gasteiger partial charge on any atom is 0.303 e. The van der Waals surface area contributed by atoms with Gasteiger partial charge < -0.3 is 10.2 Å². The number of aliphatic hydroxyl groups is 1. The zero-order valence-corrected chi connectivity index (χ0v) is 11.6. The van der Waals surface area contributed by atoms with Gasteiger partial charge in [0.2, 0.25) is 0 Å². The van der Waals surface area contributed by atoms with Crippen LogP contribution in [0.3, 0.4) is 0 Å². The van der Waals surface area contributed by atoms with E-state index >= 15 is 0 Å². The number of hydrogen-bond acceptors (Lipinski definition) is 2. The molecule has 0 bridgehead atoms. The number of aliphatic carboxylic acids is 1. The van der Waals surface area contributed by atoms with Crippen molar-refractivity contribution in [2.24, 2.45) is 0 Å². The highest BCUT2D eigenvalue weighted by atomic mass is 16.4. The van der Waals surface area contributed by atoms with Crippen LogP contribution in [-0.2, 0) is 4.79 Å². The molecule has 0 radical (unpaired) electrons. The molecule has 0 heterocycles. The number of carbonyl (C=O) groups is 1. The van der Waals surface area contributed by atoms with Gasteiger partial charge in [-0.05, 0) is 25.7 Å². The van der Waals surface area contributed by atoms with E-state index in [4.69, 9.17) is 5.11 Å². The van der Waals surface area contributed by atoms with Gasteiger partial charge in [0.05, 0.1) is 6.10 Å². The van der Waals surface area contributed by atoms with Gasteiger partial charge in [-0.15, -0.1) is 0 Å². The summed E-state index contributed by atoms with van der Waals surface area (Å²) in [6, 6.07) is 0. The van der Waals surface area contributed by atoms with E-state index in [2.05, 4.69) is 6.92 Å². The molecule has 2 N–H and O–H groups in total. The van der Waals surface area contributed by atoms with Crippen molar-refractivity contribution in [3.8, 4) is 0 Å². The fraction of sp³-hybridized carbons (Fsp3) is 0.800. The van der Waals surface area contributed by atoms with E-state index in [1.807, 2.05) is 12.2 Å². The average molecular weight is 256 g/mol. The largest absolute Gasteiger partial charge is 0.481 e. The first-order valence-electron chi connectivity index (χ1n) is 7.21. The normalized spacial score (nSPS) is 13.0. The minimum absolute atomic E-state index is 0.191. The fourth-order valence-corrected chi connectivity index (χ4v) is 1.86. The highest BCUT2D eigenvalue weighted by molar-refractivity contribution is 5.66. The van der Waals surface area contributed by atoms with Crippen molar-refractivity contribution in [3.05, 3.63) is 12.2 Å². The first-order valence-corrected chi connectivity index (χ1v) is 7.21. The molecule has 0 saturated carbocycles. The number of hydrogen-bond donors (Lipinski definition) is 2. The molecule has 0 saturated heterocycles. The second-order valence-electron chi connectivity index (χ2n) is 4.84. The Hall–Kier alpha value is -0.830. The van der Waals surface area contributed by atoms with E-state index < -0.39 is 5.97 Å². The lowest BCUT2D eigenvalue weighted by Gasteiger charge is -2.08. The molecule has 0 spiro atoms. The third-order valence-corrected chi connectivity index (χ3v) is 3.00. The first kappa shape index (κ1) is 17.2. The standard InChI is InChI=1S/C15H28O3/c1-2-3-4-5-8-11-14(16)12-9-6-7-10-13-15(17)18/h6-7,14,16H,2-5,8-13H2,1H3,(H,17,18)/b7-6-/t14-/m0/s1. The van der Waals surface area contributed by atoms with Gasteiger partial charge >= 0.3 is 5.97 Å². The van der Waals surface area contributed by atoms with E-state index in [9.17, 15) is 9.90 Å². The Balaban J connectivity index is 3.30. The molecule has 3 nitrogen and oxygen atoms in total. The first-order chi connectivity index (χ1) is 8.66. The average Bonchev–Trinajstić information content (AvgIpc) is 2.33. The van der Waals surface area contributed by atoms with Crippen LogP contribution in [0.15, 0.2) is 12.2 Å². The van der Waals surface area contributed by atoms with Crippen molar-refractivity contribution in [2.75, 3.05) is 0 Å². The summed E-state index contributed by atoms with van der Waals surface area (Å²) in [6.45, 7) is 2.20. The van der Waals surface area contributed by atoms with Gasteiger partial charge in [-0.25, -0.2) is 0 Å². The zero-order valence-electron chi connectivity index (χ0n) is 11.6. The summed E-state index contributed by atoms with van der Waals surface area (Å²) in [5.41, 5.74) is 0. The molecule has 0 unspecified atom stereocenters. The van der Waals surface area contributed by atoms with Crippen molar-refractivity contribution in [2.45, 2.75) is 77.2 Å². The van der Waals surface area contributed by atoms with Gasteiger partial charge in [0.15, 0.2) is 0 Å². The SMILES string of the molecule is CCCCCCC[C@H](O)CC/C=C\CCC(=O)O. The minimum atomic E-state index is -0.758. The number of carboxylic acid groups (broad SMARTS) is 1. The summed E-state index contributed by atoms with van der Waals surface area (Å²) >= 11 is 0. The Morgan fingerprint density at radius 1 is 1.06 bits per heavy atom. The highest BCUT2D eigenvalue weighted by Gasteiger charge is 2.02. The van der Waals surface area contributed by atoms with Crippen molar-refractivity contribution in [1.82, 2.24) is 0 Å². The Kier molecular flexibility index (Phi) is 12.0. The van der Waals surface area contributed by atoms with Crippen LogP contribution in [-0.4, -0.2) is 22.3 Å². The molecule has 0 aromatic carbocycles. The summed E-state index contributed by atoms with van der Waals surface area (Å²) in [4.78, 5) is 10.3. The lowest BCUT2D eigenvalue weighted by Crippen LogP contribution is -2.05. The number of aliphatic hydroxyl groups excluding tert-OH is 1. The van der Waals surface area contributed by atoms with Crippen LogP contribution < -0.4 is 0 Å². The summed E-state index contributed by atoms with van der Waals surface area (Å²) < 4.78 is 0. The maximum atomic E-state index is 10.3. The molecule has 0 fully saturated rings. The summed E-state index contributed by atoms with van der Waals surface area (Å²) in [5.74, 6) is -0.758. The second kappa shape index (κ2) is 12.6. The van der Waals surface area contributed by atoms with E-state index in [1.54, 1.807) is 0 Å². The summed E-state index contributed by atoms with van der Waals surface area (Å²) in [7, 11) is 0. The third-order valence-electron chi connectivity index (χ3n) is 3.00. The summed E-state index contributed by atoms with van der Waals surface area (Å²) in [6.07, 6.45) is 13.1. The van der Waals surface area contributed by atoms with Gasteiger partial charge in [0.25, 0.3) is 0 Å². The van der Waals surface area contributed by atoms with Crippen LogP contribution in [0, 0.1) is 0 Å². The molecule has 0 rings (SSSR count). The smallest absolute Gasteiger partial charge is 0.303 e. The molecule has 0 aromatic rings. The molecule has 0 aliphatic heterocycles. The molecular formula is C15H28O3. The van der Waals surface area contributed by atoms with Crippen molar-refractivity contribution in [1.29, 1.82) is 0 Å². The Bertz CT molecular complexity index is 224. The number of carboxylic acids is 1. The molecule has 1 atom stereocenters. The predicted octanol–water partition coefficient (Wildman–Crippen LogP) is 3.91. The fourth-order valence-electron chi connectivity index (χ4n) is 1.86. The number of rotatable bonds is 12. The monoisotopic (exact) mass is 256 g/mol. The predicted molar refractivity (Wildman–Crippen MR) is 74.6 cm³/mol. The highest BCUT2D eigenvalue weighted by Crippen LogP contribution is 2.10. The van der Waals surface area contributed by atoms with Gasteiger partial charge in [0, 0.05) is 6.42 Å².